The summed E-state index contributed by atoms with van der Waals surface area (Å²) in [5.74, 6) is 0. The van der Waals surface area contributed by atoms with Crippen LogP contribution >= 0.6 is 0 Å². The molecule has 0 saturated carbocycles. The van der Waals surface area contributed by atoms with E-state index in [4.69, 9.17) is 31.4 Å². The number of hydrogen-bond acceptors (Lipinski definition) is 6. The number of nitrogens with two attached hydrogens (primary N) is 2. The van der Waals surface area contributed by atoms with Crippen molar-refractivity contribution in [1.29, 1.82) is 0 Å². The molecule has 0 unspecified atom stereocenters. The molecule has 0 aliphatic heterocycles. The standard InChI is InChI=1S/C2H10B2N2.B2H4O4/c1-3(5)4(2)6;3-1(4)2(5)6/h5-6H2,1-2H3;3-6H. The smallest absolute Gasteiger partial charge is 0.429 e. The second-order valence-corrected chi connectivity index (χ2v) is 2.55. The van der Waals surface area contributed by atoms with Gasteiger partial charge >= 0.3 is 14.0 Å². The Morgan fingerprint density at radius 2 is 0.917 bits per heavy atom. The van der Waals surface area contributed by atoms with Crippen molar-refractivity contribution < 1.29 is 20.1 Å². The van der Waals surface area contributed by atoms with Gasteiger partial charge in [-0.2, -0.15) is 0 Å². The minimum atomic E-state index is -2.04. The lowest BCUT2D eigenvalue weighted by molar-refractivity contribution is 0.368. The summed E-state index contributed by atoms with van der Waals surface area (Å²) in [5, 5.41) is 30.7. The second-order valence-electron chi connectivity index (χ2n) is 2.55. The van der Waals surface area contributed by atoms with Crippen LogP contribution in [0.4, 0.5) is 0 Å². The molecule has 0 aromatic rings. The molecule has 0 aromatic heterocycles. The average Bonchev–Trinajstić information content (AvgIpc) is 1.88. The monoisotopic (exact) mass is 174 g/mol. The lowest BCUT2D eigenvalue weighted by Crippen LogP contribution is -2.45. The highest BCUT2D eigenvalue weighted by atomic mass is 16.4. The fourth-order valence-corrected chi connectivity index (χ4v) is 0. The topological polar surface area (TPSA) is 133 Å². The zero-order valence-corrected chi connectivity index (χ0v) is 7.25. The Hall–Kier alpha value is 0.0197. The zero-order chi connectivity index (χ0) is 10.3. The first kappa shape index (κ1) is 14.5. The molecule has 6 nitrogen and oxygen atoms in total. The van der Waals surface area contributed by atoms with Crippen LogP contribution in [-0.4, -0.2) is 47.6 Å². The van der Waals surface area contributed by atoms with Crippen molar-refractivity contribution in [1.82, 2.24) is 0 Å². The van der Waals surface area contributed by atoms with Crippen molar-refractivity contribution in [2.75, 3.05) is 0 Å². The Balaban J connectivity index is 0. The summed E-state index contributed by atoms with van der Waals surface area (Å²) >= 11 is 0. The summed E-state index contributed by atoms with van der Waals surface area (Å²) in [6.45, 7) is 4.05. The van der Waals surface area contributed by atoms with Gasteiger partial charge in [0.25, 0.3) is 0 Å². The highest BCUT2D eigenvalue weighted by Crippen LogP contribution is 1.68. The molecule has 0 rings (SSSR count). The van der Waals surface area contributed by atoms with Gasteiger partial charge in [-0.05, 0) is 0 Å². The van der Waals surface area contributed by atoms with Crippen LogP contribution in [0, 0.1) is 0 Å². The van der Waals surface area contributed by atoms with Crippen LogP contribution in [0.15, 0.2) is 0 Å². The van der Waals surface area contributed by atoms with Crippen molar-refractivity contribution >= 4 is 27.5 Å². The van der Waals surface area contributed by atoms with Crippen LogP contribution in [-0.2, 0) is 0 Å². The van der Waals surface area contributed by atoms with E-state index < -0.39 is 14.0 Å². The van der Waals surface area contributed by atoms with E-state index in [1.165, 1.54) is 0 Å². The van der Waals surface area contributed by atoms with Gasteiger partial charge in [0.15, 0.2) is 13.5 Å². The summed E-state index contributed by atoms with van der Waals surface area (Å²) < 4.78 is 0. The van der Waals surface area contributed by atoms with Gasteiger partial charge in [-0.3, -0.25) is 0 Å². The van der Waals surface area contributed by atoms with E-state index in [0.717, 1.165) is 0 Å². The molecule has 0 amide bonds. The molecular formula is C2H14B4N2O4. The third-order valence-electron chi connectivity index (χ3n) is 1.10. The molecule has 8 N–H and O–H groups in total. The molecule has 0 aliphatic rings. The Kier molecular flexibility index (Phi) is 9.28. The fraction of sp³-hybridized carbons (Fsp3) is 1.00. The first-order valence-electron chi connectivity index (χ1n) is 3.52. The van der Waals surface area contributed by atoms with E-state index in [1.807, 2.05) is 13.6 Å². The van der Waals surface area contributed by atoms with Crippen molar-refractivity contribution in [2.45, 2.75) is 13.6 Å². The van der Waals surface area contributed by atoms with Crippen molar-refractivity contribution in [3.05, 3.63) is 0 Å². The summed E-state index contributed by atoms with van der Waals surface area (Å²) in [4.78, 5) is 0. The van der Waals surface area contributed by atoms with Gasteiger partial charge in [-0.15, -0.1) is 0 Å². The summed E-state index contributed by atoms with van der Waals surface area (Å²) in [5.41, 5.74) is 10.6. The van der Waals surface area contributed by atoms with Crippen molar-refractivity contribution in [2.24, 2.45) is 11.3 Å². The van der Waals surface area contributed by atoms with E-state index in [2.05, 4.69) is 0 Å². The molecule has 0 saturated heterocycles. The minimum Gasteiger partial charge on any atom is -0.429 e. The molecule has 0 heterocycles. The molecule has 10 heteroatoms. The SMILES string of the molecule is CB(N)B(C)N.OB(O)B(O)O. The molecule has 12 heavy (non-hydrogen) atoms. The Bertz CT molecular complexity index is 77.1. The van der Waals surface area contributed by atoms with E-state index >= 15 is 0 Å². The zero-order valence-electron chi connectivity index (χ0n) is 7.25. The van der Waals surface area contributed by atoms with Crippen LogP contribution in [0.1, 0.15) is 0 Å². The van der Waals surface area contributed by atoms with Crippen LogP contribution in [0.2, 0.25) is 13.6 Å². The van der Waals surface area contributed by atoms with Crippen LogP contribution < -0.4 is 11.3 Å². The van der Waals surface area contributed by atoms with Crippen molar-refractivity contribution in [3.8, 4) is 0 Å². The molecule has 68 valence electrons. The van der Waals surface area contributed by atoms with Crippen molar-refractivity contribution in [3.63, 3.8) is 0 Å². The summed E-state index contributed by atoms with van der Waals surface area (Å²) in [6.07, 6.45) is 0. The Morgan fingerprint density at radius 1 is 0.750 bits per heavy atom. The van der Waals surface area contributed by atoms with Gasteiger partial charge in [-0.25, -0.2) is 0 Å². The highest BCUT2D eigenvalue weighted by molar-refractivity contribution is 7.18. The maximum absolute atomic E-state index is 7.69. The maximum atomic E-state index is 7.69. The molecule has 0 bridgehead atoms. The molecule has 0 aliphatic carbocycles. The third-order valence-corrected chi connectivity index (χ3v) is 1.10. The lowest BCUT2D eigenvalue weighted by atomic mass is 9.24. The van der Waals surface area contributed by atoms with E-state index in [-0.39, 0.29) is 13.5 Å². The normalized spacial score (nSPS) is 8.00. The van der Waals surface area contributed by atoms with E-state index in [0.29, 0.717) is 0 Å². The first-order valence-corrected chi connectivity index (χ1v) is 3.52. The van der Waals surface area contributed by atoms with Gasteiger partial charge in [0.2, 0.25) is 0 Å². The summed E-state index contributed by atoms with van der Waals surface area (Å²) in [6, 6.07) is 0. The Labute approximate surface area is 73.4 Å². The molecule has 0 radical (unpaired) electrons. The molecule has 0 spiro atoms. The van der Waals surface area contributed by atoms with Gasteiger partial charge in [-0.1, -0.05) is 13.6 Å². The number of hydrogen-bond donors (Lipinski definition) is 6. The Morgan fingerprint density at radius 3 is 0.917 bits per heavy atom. The van der Waals surface area contributed by atoms with Crippen LogP contribution in [0.25, 0.3) is 0 Å². The number of rotatable bonds is 2. The van der Waals surface area contributed by atoms with Gasteiger partial charge in [0.1, 0.15) is 0 Å². The van der Waals surface area contributed by atoms with Gasteiger partial charge in [0, 0.05) is 0 Å². The minimum absolute atomic E-state index is 0.130. The van der Waals surface area contributed by atoms with Crippen LogP contribution in [0.5, 0.6) is 0 Å². The summed E-state index contributed by atoms with van der Waals surface area (Å²) in [7, 11) is -4.07. The third kappa shape index (κ3) is 12.7. The fourth-order valence-electron chi connectivity index (χ4n) is 0. The van der Waals surface area contributed by atoms with Gasteiger partial charge < -0.3 is 31.4 Å². The predicted octanol–water partition coefficient (Wildman–Crippen LogP) is -3.76. The predicted molar refractivity (Wildman–Crippen MR) is 52.0 cm³/mol. The molecular weight excluding hydrogens is 159 g/mol. The molecule has 0 aromatic carbocycles. The van der Waals surface area contributed by atoms with Crippen LogP contribution in [0.3, 0.4) is 0 Å². The second kappa shape index (κ2) is 7.66. The van der Waals surface area contributed by atoms with E-state index in [1.54, 1.807) is 0 Å². The lowest BCUT2D eigenvalue weighted by Gasteiger charge is -1.96. The maximum Gasteiger partial charge on any atom is 0.482 e. The molecule has 0 fully saturated rings. The largest absolute Gasteiger partial charge is 0.482 e. The molecule has 0 atom stereocenters. The average molecular weight is 173 g/mol. The van der Waals surface area contributed by atoms with E-state index in [9.17, 15) is 0 Å². The van der Waals surface area contributed by atoms with Gasteiger partial charge in [0.05, 0.1) is 0 Å². The first-order chi connectivity index (χ1) is 5.29. The highest BCUT2D eigenvalue weighted by Gasteiger charge is 2.23. The quantitative estimate of drug-likeness (QED) is 0.238.